The Hall–Kier alpha value is 0.350. The van der Waals surface area contributed by atoms with Gasteiger partial charge in [-0.15, -0.1) is 0 Å². The van der Waals surface area contributed by atoms with Crippen LogP contribution in [0.5, 0.6) is 17.2 Å². The van der Waals surface area contributed by atoms with Crippen LogP contribution in [0.25, 0.3) is 0 Å². The molecule has 0 aliphatic carbocycles. The molecule has 0 bridgehead atoms. The van der Waals surface area contributed by atoms with E-state index in [1.165, 1.54) is 18.6 Å². The van der Waals surface area contributed by atoms with Crippen molar-refractivity contribution in [1.29, 1.82) is 0 Å². The Morgan fingerprint density at radius 1 is 0.615 bits per heavy atom. The van der Waals surface area contributed by atoms with Gasteiger partial charge in [0.2, 0.25) is 0 Å². The van der Waals surface area contributed by atoms with Crippen LogP contribution in [0.1, 0.15) is 0 Å². The number of phosphoric acid groups is 1. The first-order valence-corrected chi connectivity index (χ1v) is 12.7. The van der Waals surface area contributed by atoms with Gasteiger partial charge in [-0.3, -0.25) is 0 Å². The highest BCUT2D eigenvalue weighted by molar-refractivity contribution is 9.13. The molecular weight excluding hydrogens is 761 g/mol. The Bertz CT molecular complexity index is 875. The summed E-state index contributed by atoms with van der Waals surface area (Å²) in [5.74, 6) is 0.741. The first-order valence-electron chi connectivity index (χ1n) is 6.46. The predicted octanol–water partition coefficient (Wildman–Crippen LogP) is 7.89. The van der Waals surface area contributed by atoms with E-state index in [9.17, 15) is 4.57 Å². The van der Waals surface area contributed by atoms with Crippen LogP contribution in [-0.2, 0) is 4.57 Å². The van der Waals surface area contributed by atoms with Crippen LogP contribution in [-0.4, -0.2) is 15.0 Å². The SMILES string of the molecule is O=P(Oc1c[nH]c(Br)c1Br)(Oc1c[nH]c(Br)c1Br)Oc1c[nH]c(Br)c1Br. The van der Waals surface area contributed by atoms with Crippen molar-refractivity contribution in [3.63, 3.8) is 0 Å². The van der Waals surface area contributed by atoms with E-state index in [0.29, 0.717) is 27.2 Å². The average Bonchev–Trinajstić information content (AvgIpc) is 3.19. The van der Waals surface area contributed by atoms with Gasteiger partial charge in [-0.05, 0) is 95.6 Å². The van der Waals surface area contributed by atoms with Crippen molar-refractivity contribution >= 4 is 103 Å². The molecule has 3 aromatic heterocycles. The minimum atomic E-state index is -4.14. The second-order valence-electron chi connectivity index (χ2n) is 4.56. The summed E-state index contributed by atoms with van der Waals surface area (Å²) in [6, 6.07) is 0. The van der Waals surface area contributed by atoms with Gasteiger partial charge in [0.25, 0.3) is 0 Å². The van der Waals surface area contributed by atoms with Crippen LogP contribution in [0.2, 0.25) is 0 Å². The Kier molecular flexibility index (Phi) is 6.79. The summed E-state index contributed by atoms with van der Waals surface area (Å²) in [5.41, 5.74) is 0. The molecule has 26 heavy (non-hydrogen) atoms. The van der Waals surface area contributed by atoms with E-state index in [2.05, 4.69) is 111 Å². The fourth-order valence-electron chi connectivity index (χ4n) is 1.71. The minimum Gasteiger partial charge on any atom is -0.383 e. The third-order valence-electron chi connectivity index (χ3n) is 2.85. The highest BCUT2D eigenvalue weighted by atomic mass is 79.9. The Morgan fingerprint density at radius 2 is 0.885 bits per heavy atom. The molecule has 7 nitrogen and oxygen atoms in total. The molecule has 3 aromatic rings. The molecule has 0 saturated carbocycles. The third-order valence-corrected chi connectivity index (χ3v) is 9.94. The highest BCUT2D eigenvalue weighted by Gasteiger charge is 2.37. The van der Waals surface area contributed by atoms with Gasteiger partial charge in [-0.25, -0.2) is 0 Å². The third kappa shape index (κ3) is 4.49. The lowest BCUT2D eigenvalue weighted by Gasteiger charge is -2.18. The molecule has 3 rings (SSSR count). The van der Waals surface area contributed by atoms with Crippen LogP contribution in [0.4, 0.5) is 0 Å². The normalized spacial score (nSPS) is 11.6. The first-order chi connectivity index (χ1) is 12.2. The molecule has 0 fully saturated rings. The molecule has 3 N–H and O–H groups in total. The summed E-state index contributed by atoms with van der Waals surface area (Å²) in [6.45, 7) is 0. The van der Waals surface area contributed by atoms with E-state index in [1.807, 2.05) is 0 Å². The standard InChI is InChI=1S/C12H6Br6N3O4P/c13-7-4(1-19-10(7)16)23-26(22,24-5-2-20-11(17)8(5)14)25-6-3-21-12(18)9(6)15/h1-3,19-21H. The molecule has 0 radical (unpaired) electrons. The zero-order chi connectivity index (χ0) is 19.1. The van der Waals surface area contributed by atoms with Crippen molar-refractivity contribution in [3.8, 4) is 17.2 Å². The van der Waals surface area contributed by atoms with Gasteiger partial charge in [0, 0.05) is 18.6 Å². The molecule has 14 heteroatoms. The summed E-state index contributed by atoms with van der Waals surface area (Å²) in [5, 5.41) is 0. The molecule has 0 atom stereocenters. The maximum atomic E-state index is 13.4. The van der Waals surface area contributed by atoms with E-state index in [0.717, 1.165) is 0 Å². The largest absolute Gasteiger partial charge is 0.647 e. The van der Waals surface area contributed by atoms with E-state index >= 15 is 0 Å². The van der Waals surface area contributed by atoms with Crippen LogP contribution in [0.15, 0.2) is 45.8 Å². The van der Waals surface area contributed by atoms with Gasteiger partial charge in [0.05, 0.1) is 13.4 Å². The summed E-state index contributed by atoms with van der Waals surface area (Å²) in [7, 11) is -4.14. The Balaban J connectivity index is 1.97. The molecular formula is C12H6Br6N3O4P. The zero-order valence-electron chi connectivity index (χ0n) is 12.1. The van der Waals surface area contributed by atoms with Crippen LogP contribution in [0.3, 0.4) is 0 Å². The molecule has 0 aliphatic heterocycles. The van der Waals surface area contributed by atoms with Crippen molar-refractivity contribution in [2.75, 3.05) is 0 Å². The Morgan fingerprint density at radius 3 is 1.08 bits per heavy atom. The van der Waals surface area contributed by atoms with Crippen LogP contribution >= 0.6 is 103 Å². The number of hydrogen-bond donors (Lipinski definition) is 3. The summed E-state index contributed by atoms with van der Waals surface area (Å²) < 4.78 is 33.6. The highest BCUT2D eigenvalue weighted by Crippen LogP contribution is 2.54. The van der Waals surface area contributed by atoms with E-state index in [-0.39, 0.29) is 17.2 Å². The average molecular weight is 767 g/mol. The number of H-pyrrole nitrogens is 3. The van der Waals surface area contributed by atoms with Gasteiger partial charge >= 0.3 is 7.82 Å². The van der Waals surface area contributed by atoms with Crippen molar-refractivity contribution in [2.45, 2.75) is 0 Å². The quantitative estimate of drug-likeness (QED) is 0.223. The van der Waals surface area contributed by atoms with Gasteiger partial charge < -0.3 is 28.5 Å². The number of halogens is 6. The van der Waals surface area contributed by atoms with Gasteiger partial charge in [0.1, 0.15) is 13.8 Å². The second kappa shape index (κ2) is 8.38. The van der Waals surface area contributed by atoms with Crippen LogP contribution < -0.4 is 13.6 Å². The monoisotopic (exact) mass is 761 g/mol. The maximum absolute atomic E-state index is 13.4. The summed E-state index contributed by atoms with van der Waals surface area (Å²) >= 11 is 19.9. The van der Waals surface area contributed by atoms with Crippen molar-refractivity contribution in [3.05, 3.63) is 45.8 Å². The summed E-state index contributed by atoms with van der Waals surface area (Å²) in [4.78, 5) is 8.65. The number of aromatic nitrogens is 3. The first kappa shape index (κ1) is 21.1. The molecule has 0 spiro atoms. The van der Waals surface area contributed by atoms with Crippen molar-refractivity contribution in [1.82, 2.24) is 15.0 Å². The minimum absolute atomic E-state index is 0.247. The van der Waals surface area contributed by atoms with E-state index in [4.69, 9.17) is 13.6 Å². The lowest BCUT2D eigenvalue weighted by atomic mass is 10.6. The van der Waals surface area contributed by atoms with E-state index < -0.39 is 7.82 Å². The predicted molar refractivity (Wildman–Crippen MR) is 118 cm³/mol. The topological polar surface area (TPSA) is 92.1 Å². The number of phosphoric ester groups is 1. The molecule has 0 saturated heterocycles. The molecule has 0 unspecified atom stereocenters. The van der Waals surface area contributed by atoms with Gasteiger partial charge in [-0.2, -0.15) is 4.57 Å². The number of aromatic amines is 3. The van der Waals surface area contributed by atoms with E-state index in [1.54, 1.807) is 0 Å². The Labute approximate surface area is 197 Å². The maximum Gasteiger partial charge on any atom is 0.647 e. The zero-order valence-corrected chi connectivity index (χ0v) is 22.5. The van der Waals surface area contributed by atoms with Crippen molar-refractivity contribution in [2.24, 2.45) is 0 Å². The number of rotatable bonds is 6. The number of hydrogen-bond acceptors (Lipinski definition) is 4. The molecule has 0 aliphatic rings. The molecule has 0 aromatic carbocycles. The lowest BCUT2D eigenvalue weighted by molar-refractivity contribution is 0.297. The van der Waals surface area contributed by atoms with Gasteiger partial charge in [0.15, 0.2) is 17.2 Å². The smallest absolute Gasteiger partial charge is 0.383 e. The lowest BCUT2D eigenvalue weighted by Crippen LogP contribution is -2.07. The van der Waals surface area contributed by atoms with Gasteiger partial charge in [-0.1, -0.05) is 0 Å². The van der Waals surface area contributed by atoms with Crippen molar-refractivity contribution < 1.29 is 18.1 Å². The molecule has 3 heterocycles. The molecule has 140 valence electrons. The fourth-order valence-corrected chi connectivity index (χ4v) is 5.21. The fraction of sp³-hybridized carbons (Fsp3) is 0. The number of nitrogens with one attached hydrogen (secondary N) is 3. The second-order valence-corrected chi connectivity index (χ2v) is 10.8. The summed E-state index contributed by atoms with van der Waals surface area (Å²) in [6.07, 6.45) is 4.53. The van der Waals surface area contributed by atoms with Crippen LogP contribution in [0, 0.1) is 0 Å². The molecule has 0 amide bonds.